The molecule has 0 saturated carbocycles. The molecule has 1 atom stereocenters. The van der Waals surface area contributed by atoms with Gasteiger partial charge in [-0.2, -0.15) is 0 Å². The fourth-order valence-corrected chi connectivity index (χ4v) is 2.62. The Kier molecular flexibility index (Phi) is 6.27. The summed E-state index contributed by atoms with van der Waals surface area (Å²) < 4.78 is 5.29. The first-order chi connectivity index (χ1) is 10.0. The van der Waals surface area contributed by atoms with Gasteiger partial charge >= 0.3 is 0 Å². The number of nitrogens with zero attached hydrogens (tertiary/aromatic N) is 1. The van der Waals surface area contributed by atoms with Crippen LogP contribution in [0, 0.1) is 5.41 Å². The summed E-state index contributed by atoms with van der Waals surface area (Å²) in [5.41, 5.74) is 4.86. The minimum absolute atomic E-state index is 0.0321. The summed E-state index contributed by atoms with van der Waals surface area (Å²) in [5, 5.41) is 15.1. The highest BCUT2D eigenvalue weighted by molar-refractivity contribution is 6.06. The number of nitrogens with two attached hydrogens (primary N) is 1. The van der Waals surface area contributed by atoms with Crippen LogP contribution in [0.15, 0.2) is 28.0 Å². The average Bonchev–Trinajstić information content (AvgIpc) is 3.00. The number of furan rings is 1. The Morgan fingerprint density at radius 3 is 2.52 bits per heavy atom. The number of carbonyl (C=O) groups is 1. The lowest BCUT2D eigenvalue weighted by Crippen LogP contribution is -2.50. The van der Waals surface area contributed by atoms with Gasteiger partial charge in [0.05, 0.1) is 12.3 Å². The standard InChI is InChI=1S/C15H25N3O3/c1-4-8-15(9-5-2,13(16)18-20)14(19)17-11(3)12-7-6-10-21-12/h6-7,10-11,20H,4-5,8-9H2,1-3H3,(H2,16,18)(H,17,19). The van der Waals surface area contributed by atoms with Gasteiger partial charge in [0.25, 0.3) is 0 Å². The van der Waals surface area contributed by atoms with Gasteiger partial charge < -0.3 is 20.7 Å². The second-order valence-corrected chi connectivity index (χ2v) is 5.28. The van der Waals surface area contributed by atoms with Crippen molar-refractivity contribution in [3.05, 3.63) is 24.2 Å². The van der Waals surface area contributed by atoms with E-state index in [1.807, 2.05) is 20.8 Å². The number of carbonyl (C=O) groups excluding carboxylic acids is 1. The quantitative estimate of drug-likeness (QED) is 0.297. The molecular formula is C15H25N3O3. The van der Waals surface area contributed by atoms with Gasteiger partial charge in [0.2, 0.25) is 5.91 Å². The third-order valence-electron chi connectivity index (χ3n) is 3.70. The second-order valence-electron chi connectivity index (χ2n) is 5.28. The van der Waals surface area contributed by atoms with Crippen LogP contribution in [0.4, 0.5) is 0 Å². The second kappa shape index (κ2) is 7.71. The zero-order chi connectivity index (χ0) is 15.9. The molecule has 0 aliphatic carbocycles. The molecule has 0 fully saturated rings. The number of amidine groups is 1. The first-order valence-electron chi connectivity index (χ1n) is 7.34. The number of rotatable bonds is 8. The van der Waals surface area contributed by atoms with Gasteiger partial charge in [-0.15, -0.1) is 0 Å². The van der Waals surface area contributed by atoms with Crippen LogP contribution in [0.2, 0.25) is 0 Å². The van der Waals surface area contributed by atoms with E-state index in [-0.39, 0.29) is 17.8 Å². The molecule has 1 unspecified atom stereocenters. The van der Waals surface area contributed by atoms with Crippen molar-refractivity contribution >= 4 is 11.7 Å². The van der Waals surface area contributed by atoms with Crippen LogP contribution in [0.1, 0.15) is 58.3 Å². The Balaban J connectivity index is 2.98. The van der Waals surface area contributed by atoms with Gasteiger partial charge in [0.1, 0.15) is 11.2 Å². The number of hydrogen-bond acceptors (Lipinski definition) is 4. The van der Waals surface area contributed by atoms with Gasteiger partial charge in [-0.05, 0) is 31.9 Å². The van der Waals surface area contributed by atoms with Crippen LogP contribution >= 0.6 is 0 Å². The molecule has 21 heavy (non-hydrogen) atoms. The van der Waals surface area contributed by atoms with Crippen molar-refractivity contribution in [1.82, 2.24) is 5.32 Å². The van der Waals surface area contributed by atoms with E-state index in [4.69, 9.17) is 15.4 Å². The lowest BCUT2D eigenvalue weighted by molar-refractivity contribution is -0.129. The maximum atomic E-state index is 12.7. The summed E-state index contributed by atoms with van der Waals surface area (Å²) in [6.07, 6.45) is 4.16. The van der Waals surface area contributed by atoms with Crippen LogP contribution in [0.5, 0.6) is 0 Å². The molecule has 1 aromatic heterocycles. The number of nitrogens with one attached hydrogen (secondary N) is 1. The maximum absolute atomic E-state index is 12.7. The Morgan fingerprint density at radius 1 is 1.48 bits per heavy atom. The van der Waals surface area contributed by atoms with Gasteiger partial charge in [-0.1, -0.05) is 31.8 Å². The largest absolute Gasteiger partial charge is 0.467 e. The number of hydrogen-bond donors (Lipinski definition) is 3. The third-order valence-corrected chi connectivity index (χ3v) is 3.70. The molecule has 1 amide bonds. The highest BCUT2D eigenvalue weighted by Crippen LogP contribution is 2.31. The van der Waals surface area contributed by atoms with Gasteiger partial charge in [-0.3, -0.25) is 4.79 Å². The van der Waals surface area contributed by atoms with Crippen molar-refractivity contribution in [3.63, 3.8) is 0 Å². The zero-order valence-electron chi connectivity index (χ0n) is 12.9. The van der Waals surface area contributed by atoms with Crippen LogP contribution in [0.3, 0.4) is 0 Å². The summed E-state index contributed by atoms with van der Waals surface area (Å²) in [6.45, 7) is 5.78. The Labute approximate surface area is 125 Å². The van der Waals surface area contributed by atoms with Gasteiger partial charge in [0.15, 0.2) is 5.84 Å². The van der Waals surface area contributed by atoms with Crippen molar-refractivity contribution in [2.24, 2.45) is 16.3 Å². The minimum atomic E-state index is -0.973. The monoisotopic (exact) mass is 295 g/mol. The molecule has 1 heterocycles. The van der Waals surface area contributed by atoms with E-state index in [2.05, 4.69) is 10.5 Å². The van der Waals surface area contributed by atoms with Gasteiger partial charge in [-0.25, -0.2) is 0 Å². The molecular weight excluding hydrogens is 270 g/mol. The number of oxime groups is 1. The molecule has 0 aliphatic heterocycles. The van der Waals surface area contributed by atoms with E-state index in [1.54, 1.807) is 18.4 Å². The van der Waals surface area contributed by atoms with E-state index in [0.29, 0.717) is 18.6 Å². The fraction of sp³-hybridized carbons (Fsp3) is 0.600. The molecule has 4 N–H and O–H groups in total. The van der Waals surface area contributed by atoms with E-state index in [9.17, 15) is 4.79 Å². The molecule has 0 aromatic carbocycles. The zero-order valence-corrected chi connectivity index (χ0v) is 12.9. The van der Waals surface area contributed by atoms with Crippen molar-refractivity contribution in [1.29, 1.82) is 0 Å². The minimum Gasteiger partial charge on any atom is -0.467 e. The number of amides is 1. The summed E-state index contributed by atoms with van der Waals surface area (Å²) in [7, 11) is 0. The van der Waals surface area contributed by atoms with Crippen LogP contribution in [-0.4, -0.2) is 17.0 Å². The molecule has 1 rings (SSSR count). The van der Waals surface area contributed by atoms with Crippen LogP contribution in [0.25, 0.3) is 0 Å². The van der Waals surface area contributed by atoms with Crippen molar-refractivity contribution in [2.45, 2.75) is 52.5 Å². The molecule has 6 heteroatoms. The molecule has 0 aliphatic rings. The average molecular weight is 295 g/mol. The van der Waals surface area contributed by atoms with Crippen LogP contribution in [-0.2, 0) is 4.79 Å². The highest BCUT2D eigenvalue weighted by Gasteiger charge is 2.42. The topological polar surface area (TPSA) is 101 Å². The Hall–Kier alpha value is -1.98. The fourth-order valence-electron chi connectivity index (χ4n) is 2.62. The van der Waals surface area contributed by atoms with Gasteiger partial charge in [0, 0.05) is 0 Å². The van der Waals surface area contributed by atoms with Crippen molar-refractivity contribution in [3.8, 4) is 0 Å². The van der Waals surface area contributed by atoms with E-state index in [1.165, 1.54) is 0 Å². The predicted molar refractivity (Wildman–Crippen MR) is 80.9 cm³/mol. The lowest BCUT2D eigenvalue weighted by Gasteiger charge is -2.31. The third kappa shape index (κ3) is 3.77. The molecule has 0 radical (unpaired) electrons. The van der Waals surface area contributed by atoms with E-state index < -0.39 is 5.41 Å². The van der Waals surface area contributed by atoms with E-state index in [0.717, 1.165) is 12.8 Å². The summed E-state index contributed by atoms with van der Waals surface area (Å²) in [5.74, 6) is 0.408. The molecule has 0 saturated heterocycles. The van der Waals surface area contributed by atoms with Crippen molar-refractivity contribution < 1.29 is 14.4 Å². The molecule has 0 bridgehead atoms. The first kappa shape index (κ1) is 17.1. The predicted octanol–water partition coefficient (Wildman–Crippen LogP) is 2.79. The molecule has 6 nitrogen and oxygen atoms in total. The molecule has 1 aromatic rings. The van der Waals surface area contributed by atoms with Crippen LogP contribution < -0.4 is 11.1 Å². The van der Waals surface area contributed by atoms with Crippen molar-refractivity contribution in [2.75, 3.05) is 0 Å². The smallest absolute Gasteiger partial charge is 0.234 e. The molecule has 118 valence electrons. The molecule has 0 spiro atoms. The highest BCUT2D eigenvalue weighted by atomic mass is 16.4. The SMILES string of the molecule is CCCC(CCC)(C(=O)NC(C)c1ccco1)C(N)=NO. The normalized spacial score (nSPS) is 14.0. The summed E-state index contributed by atoms with van der Waals surface area (Å²) in [4.78, 5) is 12.7. The van der Waals surface area contributed by atoms with E-state index >= 15 is 0 Å². The maximum Gasteiger partial charge on any atom is 0.234 e. The summed E-state index contributed by atoms with van der Waals surface area (Å²) >= 11 is 0. The Bertz CT molecular complexity index is 463. The first-order valence-corrected chi connectivity index (χ1v) is 7.34. The summed E-state index contributed by atoms with van der Waals surface area (Å²) in [6, 6.07) is 3.30. The Morgan fingerprint density at radius 2 is 2.10 bits per heavy atom. The lowest BCUT2D eigenvalue weighted by atomic mass is 9.77.